The van der Waals surface area contributed by atoms with Crippen LogP contribution in [0.1, 0.15) is 11.3 Å². The minimum Gasteiger partial charge on any atom is -0.497 e. The Kier molecular flexibility index (Phi) is 6.41. The van der Waals surface area contributed by atoms with Crippen LogP contribution in [0.4, 0.5) is 18.9 Å². The predicted molar refractivity (Wildman–Crippen MR) is 119 cm³/mol. The Morgan fingerprint density at radius 1 is 1.12 bits per heavy atom. The van der Waals surface area contributed by atoms with Crippen molar-refractivity contribution in [1.29, 1.82) is 0 Å². The van der Waals surface area contributed by atoms with Gasteiger partial charge in [0.1, 0.15) is 29.4 Å². The van der Waals surface area contributed by atoms with Gasteiger partial charge < -0.3 is 23.8 Å². The molecule has 0 amide bonds. The Morgan fingerprint density at radius 3 is 2.50 bits per heavy atom. The van der Waals surface area contributed by atoms with Crippen molar-refractivity contribution in [3.63, 3.8) is 0 Å². The molecular formula is C24H23F3N2O5. The maximum atomic E-state index is 13.0. The van der Waals surface area contributed by atoms with Gasteiger partial charge in [0, 0.05) is 29.1 Å². The van der Waals surface area contributed by atoms with Gasteiger partial charge in [0.15, 0.2) is 6.23 Å². The van der Waals surface area contributed by atoms with Gasteiger partial charge in [-0.05, 0) is 25.1 Å². The fraction of sp³-hybridized carbons (Fsp3) is 0.333. The number of esters is 1. The third-order valence-electron chi connectivity index (χ3n) is 5.59. The van der Waals surface area contributed by atoms with Crippen molar-refractivity contribution in [3.05, 3.63) is 53.7 Å². The first kappa shape index (κ1) is 23.5. The zero-order valence-electron chi connectivity index (χ0n) is 18.8. The molecule has 1 aromatic heterocycles. The highest BCUT2D eigenvalue weighted by Gasteiger charge is 2.45. The molecule has 34 heavy (non-hydrogen) atoms. The summed E-state index contributed by atoms with van der Waals surface area (Å²) in [7, 11) is 3.00. The summed E-state index contributed by atoms with van der Waals surface area (Å²) in [6, 6.07) is 12.4. The van der Waals surface area contributed by atoms with Gasteiger partial charge in [-0.3, -0.25) is 0 Å². The Balaban J connectivity index is 1.76. The van der Waals surface area contributed by atoms with Crippen molar-refractivity contribution in [3.8, 4) is 17.2 Å². The number of nitrogens with zero attached hydrogens (tertiary/aromatic N) is 2. The molecule has 180 valence electrons. The summed E-state index contributed by atoms with van der Waals surface area (Å²) in [5.74, 6) is -0.681. The molecule has 0 spiro atoms. The fourth-order valence-electron chi connectivity index (χ4n) is 4.05. The minimum atomic E-state index is -5.11. The van der Waals surface area contributed by atoms with Crippen LogP contribution in [-0.4, -0.2) is 50.7 Å². The number of halogens is 3. The number of ether oxygens (including phenoxy) is 4. The zero-order chi connectivity index (χ0) is 24.5. The molecule has 1 unspecified atom stereocenters. The summed E-state index contributed by atoms with van der Waals surface area (Å²) in [6.45, 7) is 2.07. The Morgan fingerprint density at radius 2 is 1.85 bits per heavy atom. The average Bonchev–Trinajstić information content (AvgIpc) is 3.17. The third kappa shape index (κ3) is 4.52. The quantitative estimate of drug-likeness (QED) is 0.467. The number of pyridine rings is 1. The predicted octanol–water partition coefficient (Wildman–Crippen LogP) is 4.43. The smallest absolute Gasteiger partial charge is 0.491 e. The first-order valence-electron chi connectivity index (χ1n) is 10.5. The lowest BCUT2D eigenvalue weighted by Gasteiger charge is -2.28. The van der Waals surface area contributed by atoms with E-state index in [1.54, 1.807) is 36.1 Å². The van der Waals surface area contributed by atoms with Crippen LogP contribution in [0.3, 0.4) is 0 Å². The number of benzene rings is 2. The first-order chi connectivity index (χ1) is 16.2. The number of carbonyl (C=O) groups is 1. The van der Waals surface area contributed by atoms with E-state index in [4.69, 9.17) is 18.9 Å². The van der Waals surface area contributed by atoms with Crippen molar-refractivity contribution >= 4 is 22.6 Å². The zero-order valence-corrected chi connectivity index (χ0v) is 18.8. The van der Waals surface area contributed by atoms with Crippen molar-refractivity contribution in [2.24, 2.45) is 0 Å². The van der Waals surface area contributed by atoms with Crippen LogP contribution >= 0.6 is 0 Å². The molecule has 10 heteroatoms. The van der Waals surface area contributed by atoms with Crippen LogP contribution in [0.25, 0.3) is 10.9 Å². The van der Waals surface area contributed by atoms with E-state index in [1.165, 1.54) is 14.2 Å². The summed E-state index contributed by atoms with van der Waals surface area (Å²) in [5, 5.41) is 0.613. The molecule has 0 fully saturated rings. The number of para-hydroxylation sites is 1. The van der Waals surface area contributed by atoms with Crippen LogP contribution in [0.15, 0.2) is 42.5 Å². The molecule has 3 aromatic rings. The van der Waals surface area contributed by atoms with E-state index < -0.39 is 18.4 Å². The van der Waals surface area contributed by atoms with Crippen molar-refractivity contribution in [1.82, 2.24) is 4.98 Å². The normalized spacial score (nSPS) is 15.2. The highest BCUT2D eigenvalue weighted by atomic mass is 19.4. The van der Waals surface area contributed by atoms with E-state index >= 15 is 0 Å². The van der Waals surface area contributed by atoms with Gasteiger partial charge in [-0.25, -0.2) is 9.78 Å². The van der Waals surface area contributed by atoms with Gasteiger partial charge in [0.05, 0.1) is 26.5 Å². The van der Waals surface area contributed by atoms with E-state index in [2.05, 4.69) is 4.98 Å². The maximum absolute atomic E-state index is 13.0. The number of alkyl halides is 3. The standard InChI is InChI=1S/C24H23F3N2O5/c1-14-17-13-20(34-23(30)24(25,26)27)29(9-10-33-15-7-5-4-6-8-15)22(17)18-11-16(31-2)12-19(32-3)21(18)28-14/h4-8,11-12,20H,9-10,13H2,1-3H3. The molecule has 1 aliphatic rings. The highest BCUT2D eigenvalue weighted by molar-refractivity contribution is 5.99. The molecule has 0 bridgehead atoms. The third-order valence-corrected chi connectivity index (χ3v) is 5.59. The van der Waals surface area contributed by atoms with Gasteiger partial charge >= 0.3 is 12.1 Å². The van der Waals surface area contributed by atoms with E-state index in [1.807, 2.05) is 18.2 Å². The lowest BCUT2D eigenvalue weighted by molar-refractivity contribution is -0.204. The maximum Gasteiger partial charge on any atom is 0.491 e. The number of aryl methyl sites for hydroxylation is 1. The summed E-state index contributed by atoms with van der Waals surface area (Å²) < 4.78 is 60.5. The number of anilines is 1. The van der Waals surface area contributed by atoms with E-state index in [0.29, 0.717) is 45.1 Å². The van der Waals surface area contributed by atoms with E-state index in [0.717, 1.165) is 0 Å². The van der Waals surface area contributed by atoms with Gasteiger partial charge in [-0.1, -0.05) is 18.2 Å². The monoisotopic (exact) mass is 476 g/mol. The summed E-state index contributed by atoms with van der Waals surface area (Å²) in [5.41, 5.74) is 2.42. The Hall–Kier alpha value is -3.69. The molecule has 0 saturated heterocycles. The molecule has 0 aliphatic carbocycles. The summed E-state index contributed by atoms with van der Waals surface area (Å²) in [6.07, 6.45) is -6.23. The SMILES string of the molecule is COc1cc(OC)c2nc(C)c3c(c2c1)N(CCOc1ccccc1)C(OC(=O)C(F)(F)F)C3. The Bertz CT molecular complexity index is 1200. The van der Waals surface area contributed by atoms with Crippen molar-refractivity contribution in [2.45, 2.75) is 25.7 Å². The summed E-state index contributed by atoms with van der Waals surface area (Å²) in [4.78, 5) is 17.9. The van der Waals surface area contributed by atoms with E-state index in [9.17, 15) is 18.0 Å². The molecule has 7 nitrogen and oxygen atoms in total. The van der Waals surface area contributed by atoms with Crippen LogP contribution in [0.2, 0.25) is 0 Å². The van der Waals surface area contributed by atoms with Crippen molar-refractivity contribution in [2.75, 3.05) is 32.3 Å². The average molecular weight is 476 g/mol. The number of rotatable bonds is 7. The van der Waals surface area contributed by atoms with Crippen molar-refractivity contribution < 1.29 is 36.9 Å². The molecule has 1 atom stereocenters. The molecule has 4 rings (SSSR count). The van der Waals surface area contributed by atoms with Crippen LogP contribution in [0, 0.1) is 6.92 Å². The van der Waals surface area contributed by atoms with E-state index in [-0.39, 0.29) is 19.6 Å². The second-order valence-electron chi connectivity index (χ2n) is 7.67. The van der Waals surface area contributed by atoms with Gasteiger partial charge in [0.2, 0.25) is 0 Å². The topological polar surface area (TPSA) is 70.1 Å². The Labute approximate surface area is 194 Å². The van der Waals surface area contributed by atoms with Gasteiger partial charge in [0.25, 0.3) is 0 Å². The molecule has 1 aliphatic heterocycles. The largest absolute Gasteiger partial charge is 0.497 e. The summed E-state index contributed by atoms with van der Waals surface area (Å²) >= 11 is 0. The van der Waals surface area contributed by atoms with Crippen LogP contribution < -0.4 is 19.1 Å². The molecule has 2 aromatic carbocycles. The first-order valence-corrected chi connectivity index (χ1v) is 10.5. The molecule has 0 radical (unpaired) electrons. The van der Waals surface area contributed by atoms with Gasteiger partial charge in [-0.2, -0.15) is 13.2 Å². The number of methoxy groups -OCH3 is 2. The number of fused-ring (bicyclic) bond motifs is 3. The lowest BCUT2D eigenvalue weighted by atomic mass is 10.1. The number of hydrogen-bond donors (Lipinski definition) is 0. The second kappa shape index (κ2) is 9.28. The number of carbonyl (C=O) groups excluding carboxylic acids is 1. The molecule has 0 saturated carbocycles. The molecule has 0 N–H and O–H groups in total. The molecular weight excluding hydrogens is 453 g/mol. The second-order valence-corrected chi connectivity index (χ2v) is 7.67. The van der Waals surface area contributed by atoms with Gasteiger partial charge in [-0.15, -0.1) is 0 Å². The van der Waals surface area contributed by atoms with Crippen LogP contribution in [-0.2, 0) is 16.0 Å². The molecule has 2 heterocycles. The van der Waals surface area contributed by atoms with Crippen LogP contribution in [0.5, 0.6) is 17.2 Å². The number of hydrogen-bond acceptors (Lipinski definition) is 7. The number of aromatic nitrogens is 1. The minimum absolute atomic E-state index is 0.0524. The lowest BCUT2D eigenvalue weighted by Crippen LogP contribution is -2.41. The highest BCUT2D eigenvalue weighted by Crippen LogP contribution is 2.44. The fourth-order valence-corrected chi connectivity index (χ4v) is 4.05.